The quantitative estimate of drug-likeness (QED) is 0.706. The van der Waals surface area contributed by atoms with Gasteiger partial charge in [0.05, 0.1) is 5.56 Å². The molecule has 0 amide bonds. The van der Waals surface area contributed by atoms with Gasteiger partial charge in [-0.3, -0.25) is 4.79 Å². The Hall–Kier alpha value is -3.29. The average molecular weight is 283 g/mol. The number of hydrogen-bond donors (Lipinski definition) is 1. The summed E-state index contributed by atoms with van der Waals surface area (Å²) in [6, 6.07) is 8.33. The standard InChI is InChI=1S/C13H9N5O3/c14-13-17-11(19)9-10(16-7-6-15-9)18(13)21-12(20)8-4-2-1-3-5-8/h1-7H,(H2,14,17,19). The van der Waals surface area contributed by atoms with Gasteiger partial charge in [0, 0.05) is 12.4 Å². The van der Waals surface area contributed by atoms with E-state index in [0.29, 0.717) is 5.56 Å². The average Bonchev–Trinajstić information content (AvgIpc) is 2.52. The van der Waals surface area contributed by atoms with Crippen LogP contribution >= 0.6 is 0 Å². The number of nitrogens with zero attached hydrogens (tertiary/aromatic N) is 4. The summed E-state index contributed by atoms with van der Waals surface area (Å²) in [4.78, 5) is 40.2. The van der Waals surface area contributed by atoms with Crippen LogP contribution in [0.3, 0.4) is 0 Å². The summed E-state index contributed by atoms with van der Waals surface area (Å²) in [6.07, 6.45) is 2.69. The van der Waals surface area contributed by atoms with Gasteiger partial charge in [0.25, 0.3) is 0 Å². The van der Waals surface area contributed by atoms with Crippen LogP contribution in [0.1, 0.15) is 10.4 Å². The Morgan fingerprint density at radius 1 is 1.14 bits per heavy atom. The summed E-state index contributed by atoms with van der Waals surface area (Å²) in [5, 5.41) is 0. The van der Waals surface area contributed by atoms with Gasteiger partial charge in [0.2, 0.25) is 11.6 Å². The molecule has 2 aromatic heterocycles. The first-order chi connectivity index (χ1) is 10.2. The zero-order valence-electron chi connectivity index (χ0n) is 10.6. The lowest BCUT2D eigenvalue weighted by Gasteiger charge is -2.10. The number of nitrogens with two attached hydrogens (primary N) is 1. The fourth-order valence-corrected chi connectivity index (χ4v) is 1.74. The highest BCUT2D eigenvalue weighted by atomic mass is 16.7. The minimum atomic E-state index is -0.653. The number of aromatic nitrogens is 4. The van der Waals surface area contributed by atoms with Gasteiger partial charge in [-0.25, -0.2) is 14.8 Å². The van der Waals surface area contributed by atoms with E-state index < -0.39 is 11.5 Å². The molecule has 2 heterocycles. The Morgan fingerprint density at radius 2 is 1.86 bits per heavy atom. The molecule has 0 saturated heterocycles. The lowest BCUT2D eigenvalue weighted by atomic mass is 10.2. The Bertz CT molecular complexity index is 876. The van der Waals surface area contributed by atoms with Crippen molar-refractivity contribution in [2.75, 3.05) is 5.73 Å². The topological polar surface area (TPSA) is 113 Å². The van der Waals surface area contributed by atoms with E-state index in [1.807, 2.05) is 0 Å². The van der Waals surface area contributed by atoms with Gasteiger partial charge in [-0.2, -0.15) is 4.98 Å². The molecule has 0 aliphatic carbocycles. The zero-order valence-corrected chi connectivity index (χ0v) is 10.6. The van der Waals surface area contributed by atoms with Crippen molar-refractivity contribution in [2.24, 2.45) is 0 Å². The molecular formula is C13H9N5O3. The Morgan fingerprint density at radius 3 is 2.62 bits per heavy atom. The maximum Gasteiger partial charge on any atom is 0.363 e. The molecule has 0 saturated carbocycles. The molecule has 0 aliphatic heterocycles. The second-order valence-corrected chi connectivity index (χ2v) is 4.04. The van der Waals surface area contributed by atoms with Gasteiger partial charge < -0.3 is 10.6 Å². The third kappa shape index (κ3) is 2.29. The molecule has 0 spiro atoms. The fourth-order valence-electron chi connectivity index (χ4n) is 1.74. The van der Waals surface area contributed by atoms with Gasteiger partial charge in [-0.15, -0.1) is 4.73 Å². The molecule has 21 heavy (non-hydrogen) atoms. The smallest absolute Gasteiger partial charge is 0.363 e. The van der Waals surface area contributed by atoms with Crippen LogP contribution < -0.4 is 16.1 Å². The van der Waals surface area contributed by atoms with E-state index in [0.717, 1.165) is 4.73 Å². The van der Waals surface area contributed by atoms with Crippen LogP contribution in [-0.2, 0) is 0 Å². The maximum absolute atomic E-state index is 12.0. The van der Waals surface area contributed by atoms with Gasteiger partial charge >= 0.3 is 11.5 Å². The Kier molecular flexibility index (Phi) is 3.03. The van der Waals surface area contributed by atoms with Crippen molar-refractivity contribution >= 4 is 23.1 Å². The summed E-state index contributed by atoms with van der Waals surface area (Å²) >= 11 is 0. The summed E-state index contributed by atoms with van der Waals surface area (Å²) in [5.41, 5.74) is 5.30. The minimum Gasteiger partial charge on any atom is -0.367 e. The summed E-state index contributed by atoms with van der Waals surface area (Å²) in [5.74, 6) is -0.933. The van der Waals surface area contributed by atoms with Crippen LogP contribution in [0, 0.1) is 0 Å². The molecule has 0 unspecified atom stereocenters. The number of anilines is 1. The summed E-state index contributed by atoms with van der Waals surface area (Å²) in [7, 11) is 0. The van der Waals surface area contributed by atoms with Crippen molar-refractivity contribution in [3.05, 3.63) is 58.6 Å². The maximum atomic E-state index is 12.0. The van der Waals surface area contributed by atoms with Gasteiger partial charge in [0.15, 0.2) is 5.52 Å². The molecule has 2 N–H and O–H groups in total. The van der Waals surface area contributed by atoms with Crippen LogP contribution in [-0.4, -0.2) is 25.7 Å². The predicted molar refractivity (Wildman–Crippen MR) is 73.4 cm³/mol. The molecule has 8 nitrogen and oxygen atoms in total. The second kappa shape index (κ2) is 5.00. The molecule has 3 rings (SSSR count). The number of hydrogen-bond acceptors (Lipinski definition) is 7. The Labute approximate surface area is 117 Å². The van der Waals surface area contributed by atoms with Crippen LogP contribution in [0.4, 0.5) is 5.95 Å². The van der Waals surface area contributed by atoms with Gasteiger partial charge in [0.1, 0.15) is 0 Å². The van der Waals surface area contributed by atoms with E-state index >= 15 is 0 Å². The molecule has 0 fully saturated rings. The number of fused-ring (bicyclic) bond motifs is 1. The number of benzene rings is 1. The third-order valence-corrected chi connectivity index (χ3v) is 2.68. The normalized spacial score (nSPS) is 10.5. The van der Waals surface area contributed by atoms with Crippen LogP contribution in [0.2, 0.25) is 0 Å². The third-order valence-electron chi connectivity index (χ3n) is 2.68. The first-order valence-electron chi connectivity index (χ1n) is 5.94. The van der Waals surface area contributed by atoms with Crippen molar-refractivity contribution in [3.8, 4) is 0 Å². The first-order valence-corrected chi connectivity index (χ1v) is 5.94. The summed E-state index contributed by atoms with van der Waals surface area (Å²) < 4.78 is 0.888. The number of rotatable bonds is 2. The number of carbonyl (C=O) groups excluding carboxylic acids is 1. The lowest BCUT2D eigenvalue weighted by Crippen LogP contribution is -2.27. The van der Waals surface area contributed by atoms with E-state index in [-0.39, 0.29) is 17.1 Å². The van der Waals surface area contributed by atoms with Gasteiger partial charge in [-0.1, -0.05) is 18.2 Å². The molecule has 0 bridgehead atoms. The summed E-state index contributed by atoms with van der Waals surface area (Å²) in [6.45, 7) is 0. The number of carbonyl (C=O) groups is 1. The van der Waals surface area contributed by atoms with Crippen LogP contribution in [0.25, 0.3) is 11.2 Å². The van der Waals surface area contributed by atoms with Crippen molar-refractivity contribution < 1.29 is 9.63 Å². The van der Waals surface area contributed by atoms with E-state index in [1.54, 1.807) is 30.3 Å². The van der Waals surface area contributed by atoms with Crippen molar-refractivity contribution in [2.45, 2.75) is 0 Å². The molecule has 0 atom stereocenters. The van der Waals surface area contributed by atoms with Crippen molar-refractivity contribution in [1.29, 1.82) is 0 Å². The first kappa shape index (κ1) is 12.7. The van der Waals surface area contributed by atoms with E-state index in [9.17, 15) is 9.59 Å². The zero-order chi connectivity index (χ0) is 14.8. The fraction of sp³-hybridized carbons (Fsp3) is 0. The highest BCUT2D eigenvalue weighted by molar-refractivity contribution is 5.90. The van der Waals surface area contributed by atoms with Gasteiger partial charge in [-0.05, 0) is 12.1 Å². The second-order valence-electron chi connectivity index (χ2n) is 4.04. The Balaban J connectivity index is 2.09. The van der Waals surface area contributed by atoms with E-state index in [2.05, 4.69) is 15.0 Å². The van der Waals surface area contributed by atoms with Crippen LogP contribution in [0.15, 0.2) is 47.5 Å². The SMILES string of the molecule is Nc1nc(=O)c2nccnc2n1OC(=O)c1ccccc1. The molecule has 104 valence electrons. The highest BCUT2D eigenvalue weighted by Gasteiger charge is 2.15. The van der Waals surface area contributed by atoms with Crippen molar-refractivity contribution in [3.63, 3.8) is 0 Å². The largest absolute Gasteiger partial charge is 0.367 e. The monoisotopic (exact) mass is 283 g/mol. The molecule has 3 aromatic rings. The molecule has 8 heteroatoms. The predicted octanol–water partition coefficient (Wildman–Crippen LogP) is 0.0377. The molecule has 0 radical (unpaired) electrons. The lowest BCUT2D eigenvalue weighted by molar-refractivity contribution is 0.0483. The highest BCUT2D eigenvalue weighted by Crippen LogP contribution is 2.07. The molecule has 0 aliphatic rings. The number of nitrogen functional groups attached to an aromatic ring is 1. The minimum absolute atomic E-state index is 0.0271. The van der Waals surface area contributed by atoms with E-state index in [4.69, 9.17) is 10.6 Å². The van der Waals surface area contributed by atoms with Crippen molar-refractivity contribution in [1.82, 2.24) is 19.7 Å². The van der Waals surface area contributed by atoms with Crippen LogP contribution in [0.5, 0.6) is 0 Å². The van der Waals surface area contributed by atoms with E-state index in [1.165, 1.54) is 12.4 Å². The molecule has 1 aromatic carbocycles. The molecular weight excluding hydrogens is 274 g/mol.